The molecule has 0 radical (unpaired) electrons. The highest BCUT2D eigenvalue weighted by atomic mass is 16.5. The van der Waals surface area contributed by atoms with Gasteiger partial charge in [0.05, 0.1) is 12.5 Å². The van der Waals surface area contributed by atoms with Crippen LogP contribution in [0.2, 0.25) is 0 Å². The van der Waals surface area contributed by atoms with Crippen LogP contribution in [0.4, 0.5) is 0 Å². The largest absolute Gasteiger partial charge is 0.466 e. The van der Waals surface area contributed by atoms with Gasteiger partial charge in [-0.2, -0.15) is 0 Å². The van der Waals surface area contributed by atoms with Crippen LogP contribution in [0.5, 0.6) is 0 Å². The normalized spacial score (nSPS) is 20.8. The molecule has 1 rings (SSSR count). The highest BCUT2D eigenvalue weighted by Crippen LogP contribution is 2.15. The minimum absolute atomic E-state index is 0.1000. The minimum atomic E-state index is -0.134. The summed E-state index contributed by atoms with van der Waals surface area (Å²) in [6.45, 7) is 2.27. The SMILES string of the molecule is CCOC(=O)C1C=CC(NC)=CC1. The van der Waals surface area contributed by atoms with Gasteiger partial charge in [-0.1, -0.05) is 12.2 Å². The van der Waals surface area contributed by atoms with Gasteiger partial charge in [0.1, 0.15) is 0 Å². The summed E-state index contributed by atoms with van der Waals surface area (Å²) in [5.74, 6) is -0.234. The van der Waals surface area contributed by atoms with Gasteiger partial charge in [0, 0.05) is 12.7 Å². The van der Waals surface area contributed by atoms with E-state index in [1.165, 1.54) is 0 Å². The van der Waals surface area contributed by atoms with E-state index in [2.05, 4.69) is 5.32 Å². The van der Waals surface area contributed by atoms with E-state index in [-0.39, 0.29) is 11.9 Å². The third kappa shape index (κ3) is 2.61. The van der Waals surface area contributed by atoms with Crippen LogP contribution in [0.25, 0.3) is 0 Å². The van der Waals surface area contributed by atoms with Crippen molar-refractivity contribution in [3.63, 3.8) is 0 Å². The molecule has 0 heterocycles. The fourth-order valence-electron chi connectivity index (χ4n) is 1.23. The molecule has 3 heteroatoms. The summed E-state index contributed by atoms with van der Waals surface area (Å²) in [5.41, 5.74) is 1.06. The first-order valence-electron chi connectivity index (χ1n) is 4.50. The van der Waals surface area contributed by atoms with E-state index in [0.717, 1.165) is 12.1 Å². The third-order valence-electron chi connectivity index (χ3n) is 1.98. The fraction of sp³-hybridized carbons (Fsp3) is 0.500. The van der Waals surface area contributed by atoms with Crippen molar-refractivity contribution in [2.75, 3.05) is 13.7 Å². The lowest BCUT2D eigenvalue weighted by Crippen LogP contribution is -2.18. The van der Waals surface area contributed by atoms with Gasteiger partial charge in [-0.25, -0.2) is 0 Å². The summed E-state index contributed by atoms with van der Waals surface area (Å²) in [6.07, 6.45) is 6.52. The van der Waals surface area contributed by atoms with Gasteiger partial charge in [-0.05, 0) is 19.4 Å². The second-order valence-electron chi connectivity index (χ2n) is 2.86. The van der Waals surface area contributed by atoms with Crippen molar-refractivity contribution in [3.8, 4) is 0 Å². The lowest BCUT2D eigenvalue weighted by Gasteiger charge is -2.14. The van der Waals surface area contributed by atoms with Crippen LogP contribution < -0.4 is 5.32 Å². The molecule has 13 heavy (non-hydrogen) atoms. The zero-order valence-electron chi connectivity index (χ0n) is 8.04. The number of rotatable bonds is 3. The van der Waals surface area contributed by atoms with Crippen molar-refractivity contribution in [2.24, 2.45) is 5.92 Å². The van der Waals surface area contributed by atoms with Crippen LogP contribution in [0.1, 0.15) is 13.3 Å². The Morgan fingerprint density at radius 3 is 3.00 bits per heavy atom. The second-order valence-corrected chi connectivity index (χ2v) is 2.86. The molecular formula is C10H15NO2. The molecule has 1 atom stereocenters. The van der Waals surface area contributed by atoms with E-state index in [4.69, 9.17) is 4.74 Å². The van der Waals surface area contributed by atoms with Crippen LogP contribution in [0.3, 0.4) is 0 Å². The van der Waals surface area contributed by atoms with E-state index in [1.807, 2.05) is 32.2 Å². The Morgan fingerprint density at radius 1 is 1.77 bits per heavy atom. The zero-order valence-corrected chi connectivity index (χ0v) is 8.04. The van der Waals surface area contributed by atoms with Crippen LogP contribution in [0, 0.1) is 5.92 Å². The molecule has 1 unspecified atom stereocenters. The first-order valence-corrected chi connectivity index (χ1v) is 4.50. The molecule has 0 amide bonds. The van der Waals surface area contributed by atoms with Gasteiger partial charge in [0.2, 0.25) is 0 Å². The van der Waals surface area contributed by atoms with Crippen LogP contribution >= 0.6 is 0 Å². The van der Waals surface area contributed by atoms with Gasteiger partial charge < -0.3 is 10.1 Å². The molecule has 0 fully saturated rings. The fourth-order valence-corrected chi connectivity index (χ4v) is 1.23. The summed E-state index contributed by atoms with van der Waals surface area (Å²) in [4.78, 5) is 11.3. The molecule has 0 aromatic carbocycles. The Balaban J connectivity index is 2.47. The van der Waals surface area contributed by atoms with E-state index in [1.54, 1.807) is 0 Å². The van der Waals surface area contributed by atoms with Gasteiger partial charge in [-0.3, -0.25) is 4.79 Å². The average molecular weight is 181 g/mol. The van der Waals surface area contributed by atoms with Crippen molar-refractivity contribution in [2.45, 2.75) is 13.3 Å². The van der Waals surface area contributed by atoms with Crippen molar-refractivity contribution in [1.29, 1.82) is 0 Å². The molecule has 1 aliphatic carbocycles. The molecule has 1 N–H and O–H groups in total. The Bertz CT molecular complexity index is 243. The Morgan fingerprint density at radius 2 is 2.54 bits per heavy atom. The summed E-state index contributed by atoms with van der Waals surface area (Å²) in [5, 5.41) is 3.02. The van der Waals surface area contributed by atoms with E-state index >= 15 is 0 Å². The van der Waals surface area contributed by atoms with E-state index in [9.17, 15) is 4.79 Å². The molecule has 0 aromatic heterocycles. The summed E-state index contributed by atoms with van der Waals surface area (Å²) < 4.78 is 4.91. The van der Waals surface area contributed by atoms with Crippen molar-refractivity contribution in [3.05, 3.63) is 23.9 Å². The molecule has 72 valence electrons. The highest BCUT2D eigenvalue weighted by molar-refractivity contribution is 5.75. The number of carbonyl (C=O) groups excluding carboxylic acids is 1. The number of carbonyl (C=O) groups is 1. The Hall–Kier alpha value is -1.25. The van der Waals surface area contributed by atoms with Gasteiger partial charge in [0.15, 0.2) is 0 Å². The molecular weight excluding hydrogens is 166 g/mol. The average Bonchev–Trinajstić information content (AvgIpc) is 2.18. The number of allylic oxidation sites excluding steroid dienone is 2. The monoisotopic (exact) mass is 181 g/mol. The maximum absolute atomic E-state index is 11.3. The molecule has 0 saturated carbocycles. The highest BCUT2D eigenvalue weighted by Gasteiger charge is 2.17. The number of likely N-dealkylation sites (N-methyl/N-ethyl adjacent to an activating group) is 1. The van der Waals surface area contributed by atoms with Gasteiger partial charge in [-0.15, -0.1) is 0 Å². The lowest BCUT2D eigenvalue weighted by atomic mass is 10.00. The van der Waals surface area contributed by atoms with Crippen molar-refractivity contribution < 1.29 is 9.53 Å². The maximum Gasteiger partial charge on any atom is 0.313 e. The maximum atomic E-state index is 11.3. The lowest BCUT2D eigenvalue weighted by molar-refractivity contribution is -0.146. The molecule has 0 bridgehead atoms. The zero-order chi connectivity index (χ0) is 9.68. The summed E-state index contributed by atoms with van der Waals surface area (Å²) in [7, 11) is 1.86. The standard InChI is InChI=1S/C10H15NO2/c1-3-13-10(12)8-4-6-9(11-2)7-5-8/h4,6-8,11H,3,5H2,1-2H3. The predicted molar refractivity (Wildman–Crippen MR) is 51.0 cm³/mol. The Kier molecular flexibility index (Phi) is 3.55. The molecule has 3 nitrogen and oxygen atoms in total. The first-order chi connectivity index (χ1) is 6.27. The second kappa shape index (κ2) is 4.70. The smallest absolute Gasteiger partial charge is 0.313 e. The van der Waals surface area contributed by atoms with Crippen LogP contribution in [-0.4, -0.2) is 19.6 Å². The molecule has 0 saturated heterocycles. The molecule has 0 aliphatic heterocycles. The van der Waals surface area contributed by atoms with Crippen molar-refractivity contribution in [1.82, 2.24) is 5.32 Å². The number of hydrogen-bond donors (Lipinski definition) is 1. The topological polar surface area (TPSA) is 38.3 Å². The summed E-state index contributed by atoms with van der Waals surface area (Å²) in [6, 6.07) is 0. The van der Waals surface area contributed by atoms with Crippen molar-refractivity contribution >= 4 is 5.97 Å². The molecule has 0 spiro atoms. The summed E-state index contributed by atoms with van der Waals surface area (Å²) >= 11 is 0. The van der Waals surface area contributed by atoms with Gasteiger partial charge in [0.25, 0.3) is 0 Å². The number of hydrogen-bond acceptors (Lipinski definition) is 3. The Labute approximate surface area is 78.5 Å². The minimum Gasteiger partial charge on any atom is -0.466 e. The number of ether oxygens (including phenoxy) is 1. The number of nitrogens with one attached hydrogen (secondary N) is 1. The van der Waals surface area contributed by atoms with Gasteiger partial charge >= 0.3 is 5.97 Å². The first kappa shape index (κ1) is 9.84. The van der Waals surface area contributed by atoms with Crippen LogP contribution in [0.15, 0.2) is 23.9 Å². The molecule has 0 aromatic rings. The van der Waals surface area contributed by atoms with E-state index < -0.39 is 0 Å². The predicted octanol–water partition coefficient (Wildman–Crippen LogP) is 1.23. The van der Waals surface area contributed by atoms with E-state index in [0.29, 0.717) is 6.61 Å². The number of esters is 1. The molecule has 1 aliphatic rings. The quantitative estimate of drug-likeness (QED) is 0.665. The third-order valence-corrected chi connectivity index (χ3v) is 1.98. The van der Waals surface area contributed by atoms with Crippen LogP contribution in [-0.2, 0) is 9.53 Å².